The number of carbonyl (C=O) groups excluding carboxylic acids is 1. The van der Waals surface area contributed by atoms with Gasteiger partial charge in [-0.3, -0.25) is 4.79 Å². The van der Waals surface area contributed by atoms with Crippen LogP contribution >= 0.6 is 15.9 Å². The summed E-state index contributed by atoms with van der Waals surface area (Å²) in [5, 5.41) is 6.12. The third kappa shape index (κ3) is 7.17. The Morgan fingerprint density at radius 3 is 2.88 bits per heavy atom. The van der Waals surface area contributed by atoms with Crippen molar-refractivity contribution in [1.29, 1.82) is 0 Å². The number of benzene rings is 1. The topological polar surface area (TPSA) is 56.7 Å². The molecule has 0 aliphatic heterocycles. The molecule has 0 bridgehead atoms. The molecular formula is C18H27BrN4O. The molecule has 24 heavy (non-hydrogen) atoms. The summed E-state index contributed by atoms with van der Waals surface area (Å²) < 4.78 is 0.933. The van der Waals surface area contributed by atoms with Gasteiger partial charge in [0.2, 0.25) is 5.91 Å². The first-order valence-corrected chi connectivity index (χ1v) is 8.93. The molecule has 1 aromatic carbocycles. The highest BCUT2D eigenvalue weighted by Crippen LogP contribution is 2.20. The molecule has 0 heterocycles. The molecule has 0 aromatic heterocycles. The molecule has 0 saturated heterocycles. The molecule has 5 nitrogen and oxygen atoms in total. The Morgan fingerprint density at radius 2 is 2.21 bits per heavy atom. The van der Waals surface area contributed by atoms with E-state index in [9.17, 15) is 4.79 Å². The van der Waals surface area contributed by atoms with E-state index in [0.29, 0.717) is 0 Å². The standard InChI is InChI=1S/C18H27BrN4O/c1-5-7-8-11-23(4)18(20-6-2)21-13-17(24)22-16-12-15(19)10-9-14(16)3/h5,9-10,12H,1,6-8,11,13H2,2-4H3,(H,20,21)(H,22,24). The molecule has 0 fully saturated rings. The van der Waals surface area contributed by atoms with Crippen LogP contribution in [0.15, 0.2) is 40.3 Å². The van der Waals surface area contributed by atoms with Crippen LogP contribution in [-0.2, 0) is 4.79 Å². The van der Waals surface area contributed by atoms with Crippen molar-refractivity contribution in [2.24, 2.45) is 4.99 Å². The molecule has 1 aromatic rings. The number of aliphatic imine (C=N–C) groups is 1. The molecule has 6 heteroatoms. The van der Waals surface area contributed by atoms with Gasteiger partial charge in [-0.05, 0) is 44.4 Å². The number of hydrogen-bond donors (Lipinski definition) is 2. The number of aryl methyl sites for hydroxylation is 1. The van der Waals surface area contributed by atoms with Crippen LogP contribution < -0.4 is 10.6 Å². The number of hydrogen-bond acceptors (Lipinski definition) is 2. The Labute approximate surface area is 153 Å². The van der Waals surface area contributed by atoms with E-state index in [1.807, 2.05) is 50.1 Å². The highest BCUT2D eigenvalue weighted by Gasteiger charge is 2.08. The lowest BCUT2D eigenvalue weighted by atomic mass is 10.2. The number of nitrogens with zero attached hydrogens (tertiary/aromatic N) is 2. The third-order valence-electron chi connectivity index (χ3n) is 3.44. The Kier molecular flexibility index (Phi) is 9.15. The normalized spacial score (nSPS) is 11.1. The fraction of sp³-hybridized carbons (Fsp3) is 0.444. The fourth-order valence-electron chi connectivity index (χ4n) is 2.11. The predicted octanol–water partition coefficient (Wildman–Crippen LogP) is 3.56. The van der Waals surface area contributed by atoms with E-state index >= 15 is 0 Å². The van der Waals surface area contributed by atoms with Crippen LogP contribution in [0.4, 0.5) is 5.69 Å². The summed E-state index contributed by atoms with van der Waals surface area (Å²) in [6.07, 6.45) is 3.88. The summed E-state index contributed by atoms with van der Waals surface area (Å²) in [4.78, 5) is 18.6. The minimum atomic E-state index is -0.133. The van der Waals surface area contributed by atoms with E-state index in [-0.39, 0.29) is 12.5 Å². The minimum absolute atomic E-state index is 0.0834. The van der Waals surface area contributed by atoms with Crippen LogP contribution in [0.2, 0.25) is 0 Å². The van der Waals surface area contributed by atoms with Crippen LogP contribution in [0.3, 0.4) is 0 Å². The second kappa shape index (κ2) is 10.9. The number of anilines is 1. The summed E-state index contributed by atoms with van der Waals surface area (Å²) in [5.41, 5.74) is 1.82. The van der Waals surface area contributed by atoms with Crippen molar-refractivity contribution in [2.75, 3.05) is 32.0 Å². The molecule has 0 saturated carbocycles. The van der Waals surface area contributed by atoms with Gasteiger partial charge in [0.1, 0.15) is 6.54 Å². The second-order valence-corrected chi connectivity index (χ2v) is 6.45. The quantitative estimate of drug-likeness (QED) is 0.306. The van der Waals surface area contributed by atoms with E-state index in [1.54, 1.807) is 0 Å². The second-order valence-electron chi connectivity index (χ2n) is 5.53. The van der Waals surface area contributed by atoms with Crippen LogP contribution in [0.5, 0.6) is 0 Å². The third-order valence-corrected chi connectivity index (χ3v) is 3.94. The maximum Gasteiger partial charge on any atom is 0.246 e. The molecule has 0 aliphatic carbocycles. The van der Waals surface area contributed by atoms with E-state index in [0.717, 1.165) is 47.6 Å². The molecule has 1 rings (SSSR count). The van der Waals surface area contributed by atoms with Gasteiger partial charge in [0.15, 0.2) is 5.96 Å². The van der Waals surface area contributed by atoms with Gasteiger partial charge in [-0.25, -0.2) is 4.99 Å². The number of rotatable bonds is 8. The number of allylic oxidation sites excluding steroid dienone is 1. The van der Waals surface area contributed by atoms with Gasteiger partial charge in [-0.15, -0.1) is 6.58 Å². The van der Waals surface area contributed by atoms with Crippen LogP contribution in [0.25, 0.3) is 0 Å². The largest absolute Gasteiger partial charge is 0.357 e. The molecule has 0 unspecified atom stereocenters. The first-order chi connectivity index (χ1) is 11.5. The van der Waals surface area contributed by atoms with Crippen molar-refractivity contribution in [1.82, 2.24) is 10.2 Å². The molecule has 0 spiro atoms. The van der Waals surface area contributed by atoms with Crippen LogP contribution in [-0.4, -0.2) is 43.4 Å². The van der Waals surface area contributed by atoms with Crippen LogP contribution in [0.1, 0.15) is 25.3 Å². The summed E-state index contributed by atoms with van der Waals surface area (Å²) in [6, 6.07) is 5.80. The zero-order chi connectivity index (χ0) is 17.9. The first-order valence-electron chi connectivity index (χ1n) is 8.14. The molecule has 132 valence electrons. The smallest absolute Gasteiger partial charge is 0.246 e. The van der Waals surface area contributed by atoms with Gasteiger partial charge in [-0.1, -0.05) is 28.1 Å². The average Bonchev–Trinajstić information content (AvgIpc) is 2.55. The van der Waals surface area contributed by atoms with Gasteiger partial charge < -0.3 is 15.5 Å². The number of amides is 1. The molecular weight excluding hydrogens is 368 g/mol. The SMILES string of the molecule is C=CCCCN(C)C(=NCC(=O)Nc1cc(Br)ccc1C)NCC. The maximum absolute atomic E-state index is 12.2. The molecule has 0 radical (unpaired) electrons. The summed E-state index contributed by atoms with van der Waals surface area (Å²) in [7, 11) is 1.97. The number of guanidine groups is 1. The number of unbranched alkanes of at least 4 members (excludes halogenated alkanes) is 1. The zero-order valence-electron chi connectivity index (χ0n) is 14.7. The van der Waals surface area contributed by atoms with Crippen molar-refractivity contribution in [3.8, 4) is 0 Å². The Balaban J connectivity index is 2.65. The van der Waals surface area contributed by atoms with Crippen molar-refractivity contribution >= 4 is 33.5 Å². The number of nitrogens with one attached hydrogen (secondary N) is 2. The van der Waals surface area contributed by atoms with Crippen molar-refractivity contribution in [3.05, 3.63) is 40.9 Å². The zero-order valence-corrected chi connectivity index (χ0v) is 16.3. The highest BCUT2D eigenvalue weighted by atomic mass is 79.9. The molecule has 1 amide bonds. The van der Waals surface area contributed by atoms with E-state index in [4.69, 9.17) is 0 Å². The van der Waals surface area contributed by atoms with Crippen molar-refractivity contribution in [3.63, 3.8) is 0 Å². The number of halogens is 1. The summed E-state index contributed by atoms with van der Waals surface area (Å²) >= 11 is 3.42. The summed E-state index contributed by atoms with van der Waals surface area (Å²) in [6.45, 7) is 9.41. The lowest BCUT2D eigenvalue weighted by Crippen LogP contribution is -2.40. The van der Waals surface area contributed by atoms with Crippen molar-refractivity contribution < 1.29 is 4.79 Å². The fourth-order valence-corrected chi connectivity index (χ4v) is 2.47. The first kappa shape index (κ1) is 20.2. The monoisotopic (exact) mass is 394 g/mol. The minimum Gasteiger partial charge on any atom is -0.357 e. The van der Waals surface area contributed by atoms with E-state index in [2.05, 4.69) is 38.1 Å². The maximum atomic E-state index is 12.2. The predicted molar refractivity (Wildman–Crippen MR) is 106 cm³/mol. The number of carbonyl (C=O) groups is 1. The van der Waals surface area contributed by atoms with Gasteiger partial charge in [0, 0.05) is 30.3 Å². The van der Waals surface area contributed by atoms with Gasteiger partial charge in [0.05, 0.1) is 0 Å². The highest BCUT2D eigenvalue weighted by molar-refractivity contribution is 9.10. The average molecular weight is 395 g/mol. The molecule has 2 N–H and O–H groups in total. The summed E-state index contributed by atoms with van der Waals surface area (Å²) in [5.74, 6) is 0.605. The Morgan fingerprint density at radius 1 is 1.46 bits per heavy atom. The van der Waals surface area contributed by atoms with Gasteiger partial charge in [-0.2, -0.15) is 0 Å². The van der Waals surface area contributed by atoms with E-state index in [1.165, 1.54) is 0 Å². The Hall–Kier alpha value is -1.82. The van der Waals surface area contributed by atoms with Crippen molar-refractivity contribution in [2.45, 2.75) is 26.7 Å². The molecule has 0 aliphatic rings. The van der Waals surface area contributed by atoms with Gasteiger partial charge in [0.25, 0.3) is 0 Å². The Bertz CT molecular complexity index is 586. The van der Waals surface area contributed by atoms with Crippen LogP contribution in [0, 0.1) is 6.92 Å². The van der Waals surface area contributed by atoms with Gasteiger partial charge >= 0.3 is 0 Å². The lowest BCUT2D eigenvalue weighted by Gasteiger charge is -2.21. The van der Waals surface area contributed by atoms with E-state index < -0.39 is 0 Å². The lowest BCUT2D eigenvalue weighted by molar-refractivity contribution is -0.114. The molecule has 0 atom stereocenters.